The summed E-state index contributed by atoms with van der Waals surface area (Å²) < 4.78 is 6.08. The standard InChI is InChI=1S/C37H52N2O6/c1-23(2)10-9-11-24(3)28-14-18-37(8)30-12-13-31-34(4,5)32(16-17-35(31,6)29(30)15-19-36(28,37)7)45-33(40)25-20-26(38(41)42)22-27(21-25)39(43)44/h10,20-22,24,28,31-32H,9,11-19H2,1-8H3. The van der Waals surface area contributed by atoms with E-state index in [4.69, 9.17) is 4.74 Å². The van der Waals surface area contributed by atoms with Gasteiger partial charge in [-0.2, -0.15) is 0 Å². The zero-order chi connectivity index (χ0) is 33.1. The molecule has 2 fully saturated rings. The number of benzene rings is 1. The van der Waals surface area contributed by atoms with Gasteiger partial charge < -0.3 is 4.74 Å². The third-order valence-electron chi connectivity index (χ3n) is 13.4. The summed E-state index contributed by atoms with van der Waals surface area (Å²) in [4.78, 5) is 34.7. The van der Waals surface area contributed by atoms with Crippen LogP contribution in [0.4, 0.5) is 11.4 Å². The first kappa shape index (κ1) is 33.3. The molecule has 0 aliphatic heterocycles. The SMILES string of the molecule is CC(C)=CCCC(C)C1CCC2(C)C3=C(CCC12C)C1(C)CCC(OC(=O)c2cc([N+](=O)[O-])cc([N+](=O)[O-])c2)C(C)(C)C1CC3. The van der Waals surface area contributed by atoms with E-state index in [0.717, 1.165) is 49.8 Å². The average molecular weight is 621 g/mol. The van der Waals surface area contributed by atoms with Crippen LogP contribution in [0.1, 0.15) is 130 Å². The molecule has 0 amide bonds. The molecule has 4 aliphatic carbocycles. The minimum absolute atomic E-state index is 0.0296. The van der Waals surface area contributed by atoms with E-state index in [2.05, 4.69) is 61.5 Å². The van der Waals surface area contributed by atoms with Crippen LogP contribution >= 0.6 is 0 Å². The number of non-ortho nitro benzene ring substituents is 2. The van der Waals surface area contributed by atoms with Crippen LogP contribution in [0.15, 0.2) is 41.0 Å². The number of nitro benzene ring substituents is 2. The van der Waals surface area contributed by atoms with Gasteiger partial charge in [-0.1, -0.05) is 64.3 Å². The van der Waals surface area contributed by atoms with Crippen molar-refractivity contribution in [3.8, 4) is 0 Å². The Balaban J connectivity index is 1.38. The summed E-state index contributed by atoms with van der Waals surface area (Å²) in [7, 11) is 0. The summed E-state index contributed by atoms with van der Waals surface area (Å²) in [6.45, 7) is 18.9. The molecule has 1 aromatic rings. The number of hydrogen-bond acceptors (Lipinski definition) is 6. The average Bonchev–Trinajstić information content (AvgIpc) is 3.25. The molecule has 45 heavy (non-hydrogen) atoms. The van der Waals surface area contributed by atoms with Crippen molar-refractivity contribution >= 4 is 17.3 Å². The Bertz CT molecular complexity index is 1420. The van der Waals surface area contributed by atoms with Crippen LogP contribution in [-0.4, -0.2) is 21.9 Å². The zero-order valence-electron chi connectivity index (χ0n) is 28.5. The highest BCUT2D eigenvalue weighted by Crippen LogP contribution is 2.72. The van der Waals surface area contributed by atoms with E-state index in [1.807, 2.05) is 0 Å². The first-order valence-electron chi connectivity index (χ1n) is 17.0. The number of fused-ring (bicyclic) bond motifs is 4. The van der Waals surface area contributed by atoms with Gasteiger partial charge in [0.1, 0.15) is 6.10 Å². The number of allylic oxidation sites excluding steroid dienone is 4. The highest BCUT2D eigenvalue weighted by atomic mass is 16.6. The monoisotopic (exact) mass is 620 g/mol. The minimum atomic E-state index is -0.740. The fraction of sp³-hybridized carbons (Fsp3) is 0.703. The number of ether oxygens (including phenoxy) is 1. The normalized spacial score (nSPS) is 34.2. The Labute approximate surface area is 268 Å². The third kappa shape index (κ3) is 5.44. The van der Waals surface area contributed by atoms with E-state index in [-0.39, 0.29) is 27.9 Å². The van der Waals surface area contributed by atoms with Gasteiger partial charge in [0, 0.05) is 17.5 Å². The quantitative estimate of drug-likeness (QED) is 0.124. The van der Waals surface area contributed by atoms with E-state index in [1.165, 1.54) is 37.7 Å². The molecule has 1 aromatic carbocycles. The molecule has 8 heteroatoms. The molecule has 0 saturated heterocycles. The van der Waals surface area contributed by atoms with Crippen LogP contribution in [0, 0.1) is 59.6 Å². The third-order valence-corrected chi connectivity index (χ3v) is 13.4. The zero-order valence-corrected chi connectivity index (χ0v) is 28.5. The van der Waals surface area contributed by atoms with Crippen molar-refractivity contribution in [2.45, 2.75) is 126 Å². The Morgan fingerprint density at radius 1 is 0.933 bits per heavy atom. The molecule has 5 rings (SSSR count). The van der Waals surface area contributed by atoms with E-state index >= 15 is 0 Å². The molecule has 7 atom stereocenters. The summed E-state index contributed by atoms with van der Waals surface area (Å²) in [6, 6.07) is 3.02. The van der Waals surface area contributed by atoms with E-state index in [0.29, 0.717) is 23.7 Å². The predicted molar refractivity (Wildman–Crippen MR) is 176 cm³/mol. The van der Waals surface area contributed by atoms with Crippen LogP contribution in [-0.2, 0) is 4.74 Å². The van der Waals surface area contributed by atoms with Crippen LogP contribution in [0.2, 0.25) is 0 Å². The maximum absolute atomic E-state index is 13.3. The van der Waals surface area contributed by atoms with Crippen molar-refractivity contribution in [1.29, 1.82) is 0 Å². The second-order valence-corrected chi connectivity index (χ2v) is 16.2. The molecular weight excluding hydrogens is 568 g/mol. The molecule has 0 radical (unpaired) electrons. The van der Waals surface area contributed by atoms with Crippen LogP contribution in [0.5, 0.6) is 0 Å². The Morgan fingerprint density at radius 3 is 2.18 bits per heavy atom. The van der Waals surface area contributed by atoms with Crippen molar-refractivity contribution in [1.82, 2.24) is 0 Å². The van der Waals surface area contributed by atoms with Crippen LogP contribution in [0.3, 0.4) is 0 Å². The highest BCUT2D eigenvalue weighted by molar-refractivity contribution is 5.91. The van der Waals surface area contributed by atoms with Crippen molar-refractivity contribution in [2.24, 2.45) is 39.4 Å². The van der Waals surface area contributed by atoms with Crippen LogP contribution in [0.25, 0.3) is 0 Å². The van der Waals surface area contributed by atoms with Gasteiger partial charge in [0.2, 0.25) is 0 Å². The lowest BCUT2D eigenvalue weighted by Crippen LogP contribution is -2.55. The largest absolute Gasteiger partial charge is 0.458 e. The lowest BCUT2D eigenvalue weighted by atomic mass is 9.43. The molecule has 0 heterocycles. The summed E-state index contributed by atoms with van der Waals surface area (Å²) >= 11 is 0. The van der Waals surface area contributed by atoms with Gasteiger partial charge in [0.15, 0.2) is 0 Å². The summed E-state index contributed by atoms with van der Waals surface area (Å²) in [5.74, 6) is 1.03. The molecular formula is C37H52N2O6. The van der Waals surface area contributed by atoms with Crippen molar-refractivity contribution in [3.63, 3.8) is 0 Å². The topological polar surface area (TPSA) is 113 Å². The van der Waals surface area contributed by atoms with Crippen molar-refractivity contribution in [3.05, 3.63) is 66.8 Å². The number of rotatable bonds is 8. The van der Waals surface area contributed by atoms with Crippen LogP contribution < -0.4 is 0 Å². The summed E-state index contributed by atoms with van der Waals surface area (Å²) in [5, 5.41) is 22.8. The molecule has 2 saturated carbocycles. The fourth-order valence-corrected chi connectivity index (χ4v) is 10.8. The maximum Gasteiger partial charge on any atom is 0.338 e. The van der Waals surface area contributed by atoms with Gasteiger partial charge in [0.05, 0.1) is 21.5 Å². The van der Waals surface area contributed by atoms with E-state index in [1.54, 1.807) is 11.1 Å². The van der Waals surface area contributed by atoms with Gasteiger partial charge in [-0.3, -0.25) is 20.2 Å². The van der Waals surface area contributed by atoms with Gasteiger partial charge in [-0.15, -0.1) is 0 Å². The number of nitro groups is 2. The molecule has 246 valence electrons. The van der Waals surface area contributed by atoms with Crippen molar-refractivity contribution < 1.29 is 19.4 Å². The van der Waals surface area contributed by atoms with E-state index in [9.17, 15) is 25.0 Å². The summed E-state index contributed by atoms with van der Waals surface area (Å²) in [6.07, 6.45) is 13.1. The van der Waals surface area contributed by atoms with Crippen molar-refractivity contribution in [2.75, 3.05) is 0 Å². The first-order valence-corrected chi connectivity index (χ1v) is 17.0. The second kappa shape index (κ2) is 11.6. The number of hydrogen-bond donors (Lipinski definition) is 0. The minimum Gasteiger partial charge on any atom is -0.458 e. The Hall–Kier alpha value is -3.03. The summed E-state index contributed by atoms with van der Waals surface area (Å²) in [5.41, 5.74) is 3.89. The van der Waals surface area contributed by atoms with Gasteiger partial charge in [-0.25, -0.2) is 4.79 Å². The molecule has 0 aromatic heterocycles. The maximum atomic E-state index is 13.3. The van der Waals surface area contributed by atoms with E-state index < -0.39 is 27.2 Å². The number of carbonyl (C=O) groups excluding carboxylic acids is 1. The molecule has 4 aliphatic rings. The second-order valence-electron chi connectivity index (χ2n) is 16.2. The highest BCUT2D eigenvalue weighted by Gasteiger charge is 2.63. The van der Waals surface area contributed by atoms with Gasteiger partial charge in [0.25, 0.3) is 11.4 Å². The molecule has 7 unspecified atom stereocenters. The molecule has 0 bridgehead atoms. The molecule has 0 spiro atoms. The van der Waals surface area contributed by atoms with Gasteiger partial charge in [-0.05, 0) is 112 Å². The molecule has 0 N–H and O–H groups in total. The van der Waals surface area contributed by atoms with Gasteiger partial charge >= 0.3 is 5.97 Å². The number of carbonyl (C=O) groups is 1. The Morgan fingerprint density at radius 2 is 1.58 bits per heavy atom. The number of nitrogens with zero attached hydrogens (tertiary/aromatic N) is 2. The fourth-order valence-electron chi connectivity index (χ4n) is 10.8. The molecule has 8 nitrogen and oxygen atoms in total. The smallest absolute Gasteiger partial charge is 0.338 e. The lowest BCUT2D eigenvalue weighted by Gasteiger charge is -2.62. The predicted octanol–water partition coefficient (Wildman–Crippen LogP) is 10.2. The Kier molecular flexibility index (Phi) is 8.63. The lowest BCUT2D eigenvalue weighted by molar-refractivity contribution is -0.394. The number of esters is 1. The first-order chi connectivity index (χ1) is 21.0.